The van der Waals surface area contributed by atoms with Crippen LogP contribution >= 0.6 is 0 Å². The van der Waals surface area contributed by atoms with E-state index in [1.54, 1.807) is 12.3 Å². The Morgan fingerprint density at radius 2 is 2.23 bits per heavy atom. The van der Waals surface area contributed by atoms with Gasteiger partial charge in [-0.25, -0.2) is 4.98 Å². The number of anilines is 1. The molecule has 0 aliphatic carbocycles. The van der Waals surface area contributed by atoms with Crippen molar-refractivity contribution in [1.29, 1.82) is 0 Å². The van der Waals surface area contributed by atoms with Crippen molar-refractivity contribution in [3.8, 4) is 5.75 Å². The number of nitrogen functional groups attached to an aromatic ring is 1. The molecule has 0 amide bonds. The molecule has 72 valence electrons. The third kappa shape index (κ3) is 3.78. The predicted molar refractivity (Wildman–Crippen MR) is 53.6 cm³/mol. The van der Waals surface area contributed by atoms with Crippen LogP contribution in [-0.2, 0) is 0 Å². The minimum atomic E-state index is 0.524. The van der Waals surface area contributed by atoms with Crippen LogP contribution in [0.1, 0.15) is 20.3 Å². The van der Waals surface area contributed by atoms with Gasteiger partial charge in [-0.1, -0.05) is 13.8 Å². The van der Waals surface area contributed by atoms with E-state index in [1.807, 2.05) is 6.07 Å². The summed E-state index contributed by atoms with van der Waals surface area (Å²) in [6.45, 7) is 5.08. The van der Waals surface area contributed by atoms with Crippen molar-refractivity contribution in [1.82, 2.24) is 4.98 Å². The second-order valence-corrected chi connectivity index (χ2v) is 3.45. The molecule has 1 aromatic rings. The molecule has 1 aromatic heterocycles. The van der Waals surface area contributed by atoms with Gasteiger partial charge in [-0.3, -0.25) is 0 Å². The number of aromatic nitrogens is 1. The molecular weight excluding hydrogens is 164 g/mol. The second kappa shape index (κ2) is 4.70. The zero-order valence-electron chi connectivity index (χ0n) is 8.16. The van der Waals surface area contributed by atoms with Crippen LogP contribution in [0.15, 0.2) is 18.3 Å². The lowest BCUT2D eigenvalue weighted by Gasteiger charge is -2.07. The fourth-order valence-electron chi connectivity index (χ4n) is 0.890. The smallest absolute Gasteiger partial charge is 0.137 e. The number of nitrogens with zero attached hydrogens (tertiary/aromatic N) is 1. The molecule has 0 atom stereocenters. The lowest BCUT2D eigenvalue weighted by atomic mass is 10.1. The van der Waals surface area contributed by atoms with E-state index in [2.05, 4.69) is 18.8 Å². The summed E-state index contributed by atoms with van der Waals surface area (Å²) in [7, 11) is 0. The standard InChI is InChI=1S/C10H16N2O/c1-8(2)5-6-13-9-3-4-10(11)12-7-9/h3-4,7-8H,5-6H2,1-2H3,(H2,11,12). The van der Waals surface area contributed by atoms with E-state index >= 15 is 0 Å². The first-order chi connectivity index (χ1) is 6.18. The lowest BCUT2D eigenvalue weighted by molar-refractivity contribution is 0.288. The minimum absolute atomic E-state index is 0.524. The fourth-order valence-corrected chi connectivity index (χ4v) is 0.890. The highest BCUT2D eigenvalue weighted by Gasteiger charge is 1.96. The van der Waals surface area contributed by atoms with Crippen LogP contribution in [0.4, 0.5) is 5.82 Å². The molecule has 0 aliphatic rings. The Morgan fingerprint density at radius 1 is 1.46 bits per heavy atom. The van der Waals surface area contributed by atoms with Gasteiger partial charge >= 0.3 is 0 Å². The van der Waals surface area contributed by atoms with Gasteiger partial charge in [0.2, 0.25) is 0 Å². The number of pyridine rings is 1. The molecule has 1 rings (SSSR count). The molecule has 0 fully saturated rings. The van der Waals surface area contributed by atoms with Crippen molar-refractivity contribution < 1.29 is 4.74 Å². The Hall–Kier alpha value is -1.25. The molecular formula is C10H16N2O. The second-order valence-electron chi connectivity index (χ2n) is 3.45. The highest BCUT2D eigenvalue weighted by molar-refractivity contribution is 5.31. The highest BCUT2D eigenvalue weighted by Crippen LogP contribution is 2.11. The number of hydrogen-bond acceptors (Lipinski definition) is 3. The van der Waals surface area contributed by atoms with Crippen LogP contribution in [0.25, 0.3) is 0 Å². The van der Waals surface area contributed by atoms with E-state index in [0.717, 1.165) is 18.8 Å². The van der Waals surface area contributed by atoms with Crippen LogP contribution in [-0.4, -0.2) is 11.6 Å². The van der Waals surface area contributed by atoms with Crippen molar-refractivity contribution in [3.05, 3.63) is 18.3 Å². The van der Waals surface area contributed by atoms with Crippen LogP contribution in [0.2, 0.25) is 0 Å². The van der Waals surface area contributed by atoms with E-state index in [0.29, 0.717) is 11.7 Å². The molecule has 0 spiro atoms. The normalized spacial score (nSPS) is 10.4. The van der Waals surface area contributed by atoms with Gasteiger partial charge in [-0.15, -0.1) is 0 Å². The quantitative estimate of drug-likeness (QED) is 0.771. The van der Waals surface area contributed by atoms with Crippen LogP contribution in [0, 0.1) is 5.92 Å². The number of hydrogen-bond donors (Lipinski definition) is 1. The number of rotatable bonds is 4. The molecule has 0 radical (unpaired) electrons. The first kappa shape index (κ1) is 9.84. The summed E-state index contributed by atoms with van der Waals surface area (Å²) in [4.78, 5) is 3.93. The Kier molecular flexibility index (Phi) is 3.55. The largest absolute Gasteiger partial charge is 0.492 e. The van der Waals surface area contributed by atoms with Crippen molar-refractivity contribution in [2.75, 3.05) is 12.3 Å². The Bertz CT molecular complexity index is 244. The molecule has 0 unspecified atom stereocenters. The Labute approximate surface area is 78.9 Å². The Morgan fingerprint density at radius 3 is 2.77 bits per heavy atom. The molecule has 3 heteroatoms. The molecule has 0 aromatic carbocycles. The average molecular weight is 180 g/mol. The van der Waals surface area contributed by atoms with E-state index in [4.69, 9.17) is 10.5 Å². The van der Waals surface area contributed by atoms with Crippen molar-refractivity contribution >= 4 is 5.82 Å². The summed E-state index contributed by atoms with van der Waals surface area (Å²) in [6, 6.07) is 3.58. The van der Waals surface area contributed by atoms with Crippen molar-refractivity contribution in [2.45, 2.75) is 20.3 Å². The van der Waals surface area contributed by atoms with E-state index in [-0.39, 0.29) is 0 Å². The van der Waals surface area contributed by atoms with Gasteiger partial charge in [0, 0.05) is 0 Å². The molecule has 0 saturated heterocycles. The molecule has 13 heavy (non-hydrogen) atoms. The fraction of sp³-hybridized carbons (Fsp3) is 0.500. The summed E-state index contributed by atoms with van der Waals surface area (Å²) in [5.41, 5.74) is 5.44. The topological polar surface area (TPSA) is 48.1 Å². The summed E-state index contributed by atoms with van der Waals surface area (Å²) in [5.74, 6) is 1.98. The van der Waals surface area contributed by atoms with Gasteiger partial charge in [0.25, 0.3) is 0 Å². The summed E-state index contributed by atoms with van der Waals surface area (Å²) in [6.07, 6.45) is 2.71. The summed E-state index contributed by atoms with van der Waals surface area (Å²) < 4.78 is 5.45. The third-order valence-corrected chi connectivity index (χ3v) is 1.72. The monoisotopic (exact) mass is 180 g/mol. The molecule has 0 saturated carbocycles. The maximum atomic E-state index is 5.45. The third-order valence-electron chi connectivity index (χ3n) is 1.72. The van der Waals surface area contributed by atoms with Crippen LogP contribution in [0.5, 0.6) is 5.75 Å². The summed E-state index contributed by atoms with van der Waals surface area (Å²) in [5, 5.41) is 0. The zero-order chi connectivity index (χ0) is 9.68. The molecule has 3 nitrogen and oxygen atoms in total. The molecule has 0 aliphatic heterocycles. The highest BCUT2D eigenvalue weighted by atomic mass is 16.5. The van der Waals surface area contributed by atoms with E-state index in [1.165, 1.54) is 0 Å². The van der Waals surface area contributed by atoms with Gasteiger partial charge in [-0.05, 0) is 24.5 Å². The van der Waals surface area contributed by atoms with Gasteiger partial charge < -0.3 is 10.5 Å². The average Bonchev–Trinajstić information content (AvgIpc) is 2.08. The minimum Gasteiger partial charge on any atom is -0.492 e. The van der Waals surface area contributed by atoms with Crippen molar-refractivity contribution in [2.24, 2.45) is 5.92 Å². The van der Waals surface area contributed by atoms with Gasteiger partial charge in [0.05, 0.1) is 12.8 Å². The van der Waals surface area contributed by atoms with Gasteiger partial charge in [0.1, 0.15) is 11.6 Å². The van der Waals surface area contributed by atoms with Crippen LogP contribution in [0.3, 0.4) is 0 Å². The maximum Gasteiger partial charge on any atom is 0.137 e. The van der Waals surface area contributed by atoms with Crippen LogP contribution < -0.4 is 10.5 Å². The number of nitrogens with two attached hydrogens (primary N) is 1. The van der Waals surface area contributed by atoms with E-state index < -0.39 is 0 Å². The first-order valence-corrected chi connectivity index (χ1v) is 4.53. The lowest BCUT2D eigenvalue weighted by Crippen LogP contribution is -2.01. The maximum absolute atomic E-state index is 5.45. The number of ether oxygens (including phenoxy) is 1. The first-order valence-electron chi connectivity index (χ1n) is 4.53. The molecule has 1 heterocycles. The molecule has 0 bridgehead atoms. The van der Waals surface area contributed by atoms with Gasteiger partial charge in [-0.2, -0.15) is 0 Å². The summed E-state index contributed by atoms with van der Waals surface area (Å²) >= 11 is 0. The molecule has 2 N–H and O–H groups in total. The van der Waals surface area contributed by atoms with E-state index in [9.17, 15) is 0 Å². The Balaban J connectivity index is 2.33. The van der Waals surface area contributed by atoms with Crippen molar-refractivity contribution in [3.63, 3.8) is 0 Å². The predicted octanol–water partition coefficient (Wildman–Crippen LogP) is 2.09. The SMILES string of the molecule is CC(C)CCOc1ccc(N)nc1. The zero-order valence-corrected chi connectivity index (χ0v) is 8.16. The van der Waals surface area contributed by atoms with Gasteiger partial charge in [0.15, 0.2) is 0 Å².